The van der Waals surface area contributed by atoms with Gasteiger partial charge in [-0.3, -0.25) is 0 Å². The summed E-state index contributed by atoms with van der Waals surface area (Å²) < 4.78 is 0. The van der Waals surface area contributed by atoms with Crippen LogP contribution >= 0.6 is 11.3 Å². The van der Waals surface area contributed by atoms with Gasteiger partial charge in [0.25, 0.3) is 0 Å². The van der Waals surface area contributed by atoms with Crippen LogP contribution in [0, 0.1) is 6.92 Å². The second kappa shape index (κ2) is 2.83. The number of rotatable bonds is 2. The van der Waals surface area contributed by atoms with Gasteiger partial charge in [0.05, 0.1) is 0 Å². The molecule has 0 N–H and O–H groups in total. The molecule has 0 saturated carbocycles. The largest absolute Gasteiger partial charge is 0.149 e. The zero-order chi connectivity index (χ0) is 6.69. The number of hydrogen-bond acceptors (Lipinski definition) is 1. The molecular weight excluding hydrogens is 128 g/mol. The van der Waals surface area contributed by atoms with Gasteiger partial charge in [0, 0.05) is 4.88 Å². The van der Waals surface area contributed by atoms with E-state index in [-0.39, 0.29) is 0 Å². The van der Waals surface area contributed by atoms with E-state index < -0.39 is 0 Å². The fourth-order valence-electron chi connectivity index (χ4n) is 0.700. The highest BCUT2D eigenvalue weighted by molar-refractivity contribution is 7.10. The van der Waals surface area contributed by atoms with Crippen molar-refractivity contribution in [2.24, 2.45) is 0 Å². The van der Waals surface area contributed by atoms with Crippen molar-refractivity contribution in [2.45, 2.75) is 6.42 Å². The maximum Gasteiger partial charge on any atom is 0.00517 e. The van der Waals surface area contributed by atoms with E-state index in [9.17, 15) is 0 Å². The van der Waals surface area contributed by atoms with Crippen molar-refractivity contribution in [3.05, 3.63) is 41.5 Å². The van der Waals surface area contributed by atoms with Crippen molar-refractivity contribution in [1.82, 2.24) is 0 Å². The summed E-state index contributed by atoms with van der Waals surface area (Å²) in [7, 11) is 0. The van der Waals surface area contributed by atoms with E-state index in [2.05, 4.69) is 24.9 Å². The molecule has 0 aromatic carbocycles. The molecule has 1 heterocycles. The molecule has 9 heavy (non-hydrogen) atoms. The van der Waals surface area contributed by atoms with Gasteiger partial charge in [-0.1, -0.05) is 6.08 Å². The molecule has 0 unspecified atom stereocenters. The molecule has 0 nitrogen and oxygen atoms in total. The Morgan fingerprint density at radius 3 is 2.89 bits per heavy atom. The highest BCUT2D eigenvalue weighted by atomic mass is 32.1. The fourth-order valence-corrected chi connectivity index (χ4v) is 1.39. The molecule has 0 aliphatic rings. The maximum absolute atomic E-state index is 3.81. The Balaban J connectivity index is 2.72. The molecule has 0 atom stereocenters. The summed E-state index contributed by atoms with van der Waals surface area (Å²) >= 11 is 1.69. The Labute approximate surface area is 59.8 Å². The first-order valence-corrected chi connectivity index (χ1v) is 3.71. The predicted molar refractivity (Wildman–Crippen MR) is 42.7 cm³/mol. The fraction of sp³-hybridized carbons (Fsp3) is 0.125. The average Bonchev–Trinajstić information content (AvgIpc) is 2.17. The second-order valence-corrected chi connectivity index (χ2v) is 2.91. The van der Waals surface area contributed by atoms with E-state index in [1.807, 2.05) is 6.08 Å². The van der Waals surface area contributed by atoms with Crippen LogP contribution in [-0.2, 0) is 6.42 Å². The monoisotopic (exact) mass is 137 g/mol. The third kappa shape index (κ3) is 1.68. The smallest absolute Gasteiger partial charge is 0.00517 e. The summed E-state index contributed by atoms with van der Waals surface area (Å²) in [6.45, 7) is 7.46. The second-order valence-electron chi connectivity index (χ2n) is 1.91. The van der Waals surface area contributed by atoms with Crippen molar-refractivity contribution in [2.75, 3.05) is 0 Å². The number of hydrogen-bond donors (Lipinski definition) is 0. The lowest BCUT2D eigenvalue weighted by atomic mass is 10.2. The van der Waals surface area contributed by atoms with Gasteiger partial charge in [0.15, 0.2) is 0 Å². The van der Waals surface area contributed by atoms with Crippen LogP contribution in [0.3, 0.4) is 0 Å². The van der Waals surface area contributed by atoms with Crippen LogP contribution in [0.15, 0.2) is 24.1 Å². The topological polar surface area (TPSA) is 0 Å². The molecule has 0 aliphatic heterocycles. The van der Waals surface area contributed by atoms with Crippen molar-refractivity contribution in [3.8, 4) is 0 Å². The molecule has 0 amide bonds. The van der Waals surface area contributed by atoms with Gasteiger partial charge in [-0.25, -0.2) is 0 Å². The molecule has 1 radical (unpaired) electrons. The lowest BCUT2D eigenvalue weighted by Crippen LogP contribution is -1.70. The average molecular weight is 137 g/mol. The molecule has 1 heteroatoms. The molecule has 1 aromatic heterocycles. The predicted octanol–water partition coefficient (Wildman–Crippen LogP) is 2.66. The zero-order valence-electron chi connectivity index (χ0n) is 5.26. The molecule has 0 aliphatic carbocycles. The van der Waals surface area contributed by atoms with E-state index in [0.29, 0.717) is 0 Å². The van der Waals surface area contributed by atoms with E-state index in [0.717, 1.165) is 11.3 Å². The van der Waals surface area contributed by atoms with E-state index >= 15 is 0 Å². The lowest BCUT2D eigenvalue weighted by molar-refractivity contribution is 1.30. The Morgan fingerprint density at radius 2 is 2.44 bits per heavy atom. The maximum atomic E-state index is 3.81. The van der Waals surface area contributed by atoms with Gasteiger partial charge < -0.3 is 0 Å². The highest BCUT2D eigenvalue weighted by Gasteiger charge is 1.90. The quantitative estimate of drug-likeness (QED) is 0.550. The van der Waals surface area contributed by atoms with Crippen molar-refractivity contribution in [3.63, 3.8) is 0 Å². The van der Waals surface area contributed by atoms with Crippen LogP contribution in [0.4, 0.5) is 0 Å². The van der Waals surface area contributed by atoms with Gasteiger partial charge in [-0.05, 0) is 30.4 Å². The first kappa shape index (κ1) is 6.56. The molecular formula is C8H9S. The van der Waals surface area contributed by atoms with Crippen molar-refractivity contribution in [1.29, 1.82) is 0 Å². The molecule has 0 bridgehead atoms. The summed E-state index contributed by atoms with van der Waals surface area (Å²) in [6.07, 6.45) is 2.87. The molecule has 1 aromatic rings. The van der Waals surface area contributed by atoms with Gasteiger partial charge in [0.2, 0.25) is 0 Å². The van der Waals surface area contributed by atoms with Crippen molar-refractivity contribution < 1.29 is 0 Å². The Bertz CT molecular complexity index is 198. The first-order valence-electron chi connectivity index (χ1n) is 2.83. The van der Waals surface area contributed by atoms with Crippen molar-refractivity contribution >= 4 is 11.3 Å². The third-order valence-electron chi connectivity index (χ3n) is 1.09. The molecule has 47 valence electrons. The number of thiophene rings is 1. The van der Waals surface area contributed by atoms with Crippen LogP contribution < -0.4 is 0 Å². The van der Waals surface area contributed by atoms with Gasteiger partial charge in [0.1, 0.15) is 0 Å². The van der Waals surface area contributed by atoms with E-state index in [1.165, 1.54) is 5.56 Å². The van der Waals surface area contributed by atoms with Gasteiger partial charge in [-0.15, -0.1) is 17.9 Å². The summed E-state index contributed by atoms with van der Waals surface area (Å²) in [4.78, 5) is 1.13. The summed E-state index contributed by atoms with van der Waals surface area (Å²) in [5.41, 5.74) is 1.32. The molecule has 0 saturated heterocycles. The van der Waals surface area contributed by atoms with Crippen LogP contribution in [-0.4, -0.2) is 0 Å². The minimum atomic E-state index is 0.964. The summed E-state index contributed by atoms with van der Waals surface area (Å²) in [5.74, 6) is 0. The SMILES string of the molecule is [CH2]c1cc(CC=C)cs1. The highest BCUT2D eigenvalue weighted by Crippen LogP contribution is 2.13. The molecule has 0 fully saturated rings. The van der Waals surface area contributed by atoms with E-state index in [1.54, 1.807) is 11.3 Å². The molecule has 1 rings (SSSR count). The molecule has 0 spiro atoms. The normalized spacial score (nSPS) is 9.44. The lowest BCUT2D eigenvalue weighted by Gasteiger charge is -1.82. The number of allylic oxidation sites excluding steroid dienone is 1. The van der Waals surface area contributed by atoms with Gasteiger partial charge >= 0.3 is 0 Å². The Morgan fingerprint density at radius 1 is 1.67 bits per heavy atom. The Kier molecular flexibility index (Phi) is 2.06. The van der Waals surface area contributed by atoms with Gasteiger partial charge in [-0.2, -0.15) is 0 Å². The third-order valence-corrected chi connectivity index (χ3v) is 1.93. The standard InChI is InChI=1S/C8H9S/c1-3-4-8-5-7(2)9-6-8/h3,5-6H,1-2,4H2. The van der Waals surface area contributed by atoms with Crippen LogP contribution in [0.25, 0.3) is 0 Å². The first-order chi connectivity index (χ1) is 4.33. The Hall–Kier alpha value is -0.560. The van der Waals surface area contributed by atoms with Crippen LogP contribution in [0.5, 0.6) is 0 Å². The zero-order valence-corrected chi connectivity index (χ0v) is 6.08. The minimum absolute atomic E-state index is 0.964. The van der Waals surface area contributed by atoms with Crippen LogP contribution in [0.1, 0.15) is 10.4 Å². The summed E-state index contributed by atoms with van der Waals surface area (Å²) in [6, 6.07) is 2.09. The minimum Gasteiger partial charge on any atom is -0.149 e. The summed E-state index contributed by atoms with van der Waals surface area (Å²) in [5, 5.41) is 2.12. The van der Waals surface area contributed by atoms with E-state index in [4.69, 9.17) is 0 Å². The van der Waals surface area contributed by atoms with Crippen LogP contribution in [0.2, 0.25) is 0 Å².